The highest BCUT2D eigenvalue weighted by atomic mass is 32.2. The third-order valence-corrected chi connectivity index (χ3v) is 11.0. The minimum atomic E-state index is -4.65. The van der Waals surface area contributed by atoms with E-state index in [0.717, 1.165) is 79.8 Å². The summed E-state index contributed by atoms with van der Waals surface area (Å²) in [4.78, 5) is 29.6. The summed E-state index contributed by atoms with van der Waals surface area (Å²) in [6, 6.07) is 8.09. The molecule has 1 aromatic carbocycles. The number of piperazine rings is 1. The Bertz CT molecular complexity index is 1540. The number of nitrogens with one attached hydrogen (secondary N) is 1. The van der Waals surface area contributed by atoms with Gasteiger partial charge in [-0.05, 0) is 68.5 Å². The predicted molar refractivity (Wildman–Crippen MR) is 163 cm³/mol. The van der Waals surface area contributed by atoms with Crippen molar-refractivity contribution in [1.29, 1.82) is 0 Å². The molecule has 7 rings (SSSR count). The summed E-state index contributed by atoms with van der Waals surface area (Å²) in [7, 11) is 2.02. The zero-order valence-electron chi connectivity index (χ0n) is 23.7. The molecule has 228 valence electrons. The van der Waals surface area contributed by atoms with Crippen LogP contribution in [0.3, 0.4) is 0 Å². The van der Waals surface area contributed by atoms with Gasteiger partial charge in [-0.1, -0.05) is 0 Å². The number of nitrogens with zero attached hydrogens (tertiary/aromatic N) is 5. The number of thiophene rings is 1. The van der Waals surface area contributed by atoms with E-state index in [2.05, 4.69) is 31.2 Å². The van der Waals surface area contributed by atoms with Crippen LogP contribution < -0.4 is 10.2 Å². The Morgan fingerprint density at radius 3 is 2.65 bits per heavy atom. The average molecular weight is 631 g/mol. The molecule has 0 bridgehead atoms. The Morgan fingerprint density at radius 1 is 1.12 bits per heavy atom. The summed E-state index contributed by atoms with van der Waals surface area (Å²) in [5.74, 6) is 1.06. The Morgan fingerprint density at radius 2 is 1.93 bits per heavy atom. The second-order valence-corrected chi connectivity index (χ2v) is 14.0. The highest BCUT2D eigenvalue weighted by Crippen LogP contribution is 2.47. The molecule has 2 N–H and O–H groups in total. The van der Waals surface area contributed by atoms with Crippen LogP contribution in [-0.4, -0.2) is 88.5 Å². The van der Waals surface area contributed by atoms with Crippen molar-refractivity contribution in [2.75, 3.05) is 55.8 Å². The van der Waals surface area contributed by atoms with E-state index in [1.807, 2.05) is 24.1 Å². The lowest BCUT2D eigenvalue weighted by molar-refractivity contribution is -0.137. The van der Waals surface area contributed by atoms with Crippen molar-refractivity contribution in [3.63, 3.8) is 0 Å². The summed E-state index contributed by atoms with van der Waals surface area (Å²) in [6.45, 7) is 3.16. The minimum absolute atomic E-state index is 0.0627. The molecular formula is C30H33F3N6O2S2. The number of thioether (sulfide) groups is 1. The summed E-state index contributed by atoms with van der Waals surface area (Å²) in [5, 5.41) is 13.0. The summed E-state index contributed by atoms with van der Waals surface area (Å²) in [6.07, 6.45) is 0.234. The van der Waals surface area contributed by atoms with Crippen molar-refractivity contribution in [2.45, 2.75) is 54.8 Å². The molecule has 3 fully saturated rings. The van der Waals surface area contributed by atoms with Gasteiger partial charge in [-0.3, -0.25) is 9.69 Å². The van der Waals surface area contributed by atoms with Crippen LogP contribution in [-0.2, 0) is 6.18 Å². The summed E-state index contributed by atoms with van der Waals surface area (Å²) >= 11 is 2.60. The zero-order chi connectivity index (χ0) is 29.9. The number of hydrogen-bond acceptors (Lipinski definition) is 9. The zero-order valence-corrected chi connectivity index (χ0v) is 25.4. The van der Waals surface area contributed by atoms with Crippen molar-refractivity contribution in [3.8, 4) is 10.6 Å². The van der Waals surface area contributed by atoms with E-state index < -0.39 is 11.7 Å². The first-order valence-electron chi connectivity index (χ1n) is 14.7. The van der Waals surface area contributed by atoms with E-state index in [4.69, 9.17) is 0 Å². The number of hydrogen-bond donors (Lipinski definition) is 2. The topological polar surface area (TPSA) is 84.8 Å². The number of likely N-dealkylation sites (N-methyl/N-ethyl adjacent to an activating group) is 1. The molecule has 2 aliphatic heterocycles. The normalized spacial score (nSPS) is 21.6. The standard InChI is InChI=1S/C30H33F3N6O2S2/c1-37-8-9-38(15-20(37)16-40)19-6-7-23(21(12-19)17-2-3-17)35-29-34-14-22(30(31,32)33)26(36-29)24-13-25-27(43-24)28(41)39(10-11-42-25)18-4-5-18/h6-7,12-14,17-18,20,40H,2-5,8-11,15-16H2,1H3,(H,34,35,36)/t20-/m1/s1. The van der Waals surface area contributed by atoms with Crippen molar-refractivity contribution in [2.24, 2.45) is 0 Å². The fourth-order valence-corrected chi connectivity index (χ4v) is 8.21. The van der Waals surface area contributed by atoms with E-state index in [1.165, 1.54) is 11.8 Å². The first-order valence-corrected chi connectivity index (χ1v) is 16.5. The van der Waals surface area contributed by atoms with Gasteiger partial charge >= 0.3 is 6.18 Å². The first kappa shape index (κ1) is 28.9. The Labute approximate surface area is 256 Å². The maximum atomic E-state index is 14.2. The minimum Gasteiger partial charge on any atom is -0.395 e. The van der Waals surface area contributed by atoms with Crippen LogP contribution in [0.15, 0.2) is 35.4 Å². The van der Waals surface area contributed by atoms with E-state index in [9.17, 15) is 23.1 Å². The molecule has 0 unspecified atom stereocenters. The number of rotatable bonds is 7. The lowest BCUT2D eigenvalue weighted by Crippen LogP contribution is -2.53. The molecule has 43 heavy (non-hydrogen) atoms. The van der Waals surface area contributed by atoms with Crippen LogP contribution in [0.25, 0.3) is 10.6 Å². The van der Waals surface area contributed by atoms with Gasteiger partial charge in [0, 0.05) is 60.4 Å². The number of benzene rings is 1. The third-order valence-electron chi connectivity index (χ3n) is 8.71. The average Bonchev–Trinajstić information content (AvgIpc) is 3.92. The number of aliphatic hydroxyl groups excluding tert-OH is 1. The van der Waals surface area contributed by atoms with E-state index in [1.54, 1.807) is 6.07 Å². The van der Waals surface area contributed by atoms with Gasteiger partial charge in [0.1, 0.15) is 10.4 Å². The van der Waals surface area contributed by atoms with Crippen molar-refractivity contribution >= 4 is 46.3 Å². The van der Waals surface area contributed by atoms with Crippen LogP contribution in [0.5, 0.6) is 0 Å². The summed E-state index contributed by atoms with van der Waals surface area (Å²) in [5.41, 5.74) is 1.80. The molecular weight excluding hydrogens is 597 g/mol. The van der Waals surface area contributed by atoms with Gasteiger partial charge in [0.25, 0.3) is 5.91 Å². The molecule has 2 aliphatic carbocycles. The van der Waals surface area contributed by atoms with Crippen LogP contribution in [0, 0.1) is 0 Å². The van der Waals surface area contributed by atoms with Crippen molar-refractivity contribution < 1.29 is 23.1 Å². The second kappa shape index (κ2) is 11.2. The van der Waals surface area contributed by atoms with Gasteiger partial charge < -0.3 is 20.2 Å². The number of fused-ring (bicyclic) bond motifs is 1. The van der Waals surface area contributed by atoms with E-state index in [0.29, 0.717) is 32.9 Å². The van der Waals surface area contributed by atoms with Crippen molar-refractivity contribution in [3.05, 3.63) is 46.5 Å². The molecule has 13 heteroatoms. The maximum Gasteiger partial charge on any atom is 0.420 e. The van der Waals surface area contributed by atoms with Gasteiger partial charge in [0.05, 0.1) is 23.2 Å². The predicted octanol–water partition coefficient (Wildman–Crippen LogP) is 5.67. The van der Waals surface area contributed by atoms with E-state index >= 15 is 0 Å². The Kier molecular flexibility index (Phi) is 7.55. The number of anilines is 3. The number of alkyl halides is 3. The molecule has 8 nitrogen and oxygen atoms in total. The maximum absolute atomic E-state index is 14.2. The lowest BCUT2D eigenvalue weighted by Gasteiger charge is -2.40. The number of halogens is 3. The number of aliphatic hydroxyl groups is 1. The Balaban J connectivity index is 1.20. The largest absolute Gasteiger partial charge is 0.420 e. The van der Waals surface area contributed by atoms with Gasteiger partial charge in [-0.2, -0.15) is 13.2 Å². The van der Waals surface area contributed by atoms with Gasteiger partial charge in [-0.25, -0.2) is 9.97 Å². The molecule has 0 spiro atoms. The van der Waals surface area contributed by atoms with Gasteiger partial charge in [0.15, 0.2) is 0 Å². The molecule has 4 heterocycles. The first-order chi connectivity index (χ1) is 20.7. The van der Waals surface area contributed by atoms with Gasteiger partial charge in [-0.15, -0.1) is 23.1 Å². The van der Waals surface area contributed by atoms with Crippen LogP contribution in [0.1, 0.15) is 52.4 Å². The van der Waals surface area contributed by atoms with Crippen LogP contribution in [0.2, 0.25) is 0 Å². The highest BCUT2D eigenvalue weighted by Gasteiger charge is 2.39. The molecule has 1 saturated heterocycles. The monoisotopic (exact) mass is 630 g/mol. The Hall–Kier alpha value is -2.87. The quantitative estimate of drug-likeness (QED) is 0.346. The number of carbonyl (C=O) groups excluding carboxylic acids is 1. The molecule has 2 aromatic heterocycles. The molecule has 1 atom stereocenters. The fraction of sp³-hybridized carbons (Fsp3) is 0.500. The van der Waals surface area contributed by atoms with Crippen LogP contribution >= 0.6 is 23.1 Å². The molecule has 3 aromatic rings. The SMILES string of the molecule is CN1CCN(c2ccc(Nc3ncc(C(F)(F)F)c(-c4cc5c(s4)C(=O)N(C4CC4)CCS5)n3)c(C3CC3)c2)C[C@@H]1CO. The van der Waals surface area contributed by atoms with Crippen molar-refractivity contribution in [1.82, 2.24) is 19.8 Å². The van der Waals surface area contributed by atoms with E-state index in [-0.39, 0.29) is 36.2 Å². The second-order valence-electron chi connectivity index (χ2n) is 11.8. The van der Waals surface area contributed by atoms with Gasteiger partial charge in [0.2, 0.25) is 5.95 Å². The smallest absolute Gasteiger partial charge is 0.395 e. The lowest BCUT2D eigenvalue weighted by atomic mass is 10.1. The number of amides is 1. The summed E-state index contributed by atoms with van der Waals surface area (Å²) < 4.78 is 42.5. The molecule has 1 amide bonds. The molecule has 2 saturated carbocycles. The molecule has 4 aliphatic rings. The number of aromatic nitrogens is 2. The molecule has 0 radical (unpaired) electrons. The van der Waals surface area contributed by atoms with Crippen LogP contribution in [0.4, 0.5) is 30.5 Å². The fourth-order valence-electron chi connectivity index (χ4n) is 5.90. The highest BCUT2D eigenvalue weighted by molar-refractivity contribution is 7.99. The number of carbonyl (C=O) groups is 1. The third kappa shape index (κ3) is 5.84.